The number of aromatic nitrogens is 2. The normalized spacial score (nSPS) is 11.9. The van der Waals surface area contributed by atoms with Gasteiger partial charge in [0, 0.05) is 38.9 Å². The number of hydrogen-bond donors (Lipinski definition) is 1. The fourth-order valence-corrected chi connectivity index (χ4v) is 2.05. The number of amides is 1. The molecule has 0 atom stereocenters. The molecule has 114 valence electrons. The van der Waals surface area contributed by atoms with Crippen molar-refractivity contribution in [3.05, 3.63) is 18.0 Å². The molecule has 0 saturated heterocycles. The third-order valence-electron chi connectivity index (χ3n) is 3.02. The fraction of sp³-hybridized carbons (Fsp3) is 0.714. The van der Waals surface area contributed by atoms with Gasteiger partial charge in [0.25, 0.3) is 0 Å². The van der Waals surface area contributed by atoms with Crippen LogP contribution >= 0.6 is 0 Å². The second kappa shape index (κ2) is 6.85. The Bertz CT molecular complexity index is 437. The quantitative estimate of drug-likeness (QED) is 0.790. The molecule has 0 aromatic carbocycles. The first kappa shape index (κ1) is 16.7. The molecular weight excluding hydrogens is 256 g/mol. The summed E-state index contributed by atoms with van der Waals surface area (Å²) >= 11 is 0. The molecule has 6 nitrogen and oxygen atoms in total. The number of likely N-dealkylation sites (N-methyl/N-ethyl adjacent to an activating group) is 2. The lowest BCUT2D eigenvalue weighted by Gasteiger charge is -2.29. The lowest BCUT2D eigenvalue weighted by molar-refractivity contribution is -0.132. The monoisotopic (exact) mass is 282 g/mol. The van der Waals surface area contributed by atoms with E-state index in [1.807, 2.05) is 25.1 Å². The van der Waals surface area contributed by atoms with Gasteiger partial charge in [0.2, 0.25) is 5.91 Å². The van der Waals surface area contributed by atoms with E-state index in [0.717, 1.165) is 12.1 Å². The zero-order chi connectivity index (χ0) is 15.3. The number of carbonyl (C=O) groups excluding carboxylic acids is 1. The summed E-state index contributed by atoms with van der Waals surface area (Å²) in [4.78, 5) is 15.8. The number of aryl methyl sites for hydroxylation is 1. The summed E-state index contributed by atoms with van der Waals surface area (Å²) in [6, 6.07) is 0. The number of rotatable bonds is 7. The Morgan fingerprint density at radius 1 is 1.50 bits per heavy atom. The Balaban J connectivity index is 2.51. The molecule has 1 N–H and O–H groups in total. The molecule has 1 aromatic rings. The predicted octanol–water partition coefficient (Wildman–Crippen LogP) is 0.471. The van der Waals surface area contributed by atoms with Crippen molar-refractivity contribution in [3.8, 4) is 0 Å². The van der Waals surface area contributed by atoms with Crippen molar-refractivity contribution >= 4 is 5.91 Å². The van der Waals surface area contributed by atoms with Crippen molar-refractivity contribution in [1.29, 1.82) is 0 Å². The molecule has 0 spiro atoms. The highest BCUT2D eigenvalue weighted by molar-refractivity contribution is 5.78. The summed E-state index contributed by atoms with van der Waals surface area (Å²) < 4.78 is 1.72. The van der Waals surface area contributed by atoms with E-state index in [1.165, 1.54) is 0 Å². The van der Waals surface area contributed by atoms with Gasteiger partial charge in [-0.05, 0) is 20.4 Å². The number of carbonyl (C=O) groups is 1. The predicted molar refractivity (Wildman–Crippen MR) is 78.1 cm³/mol. The summed E-state index contributed by atoms with van der Waals surface area (Å²) in [6.45, 7) is 7.57. The summed E-state index contributed by atoms with van der Waals surface area (Å²) in [5.74, 6) is 0.0416. The van der Waals surface area contributed by atoms with Crippen molar-refractivity contribution in [2.45, 2.75) is 32.9 Å². The molecule has 0 aliphatic carbocycles. The molecule has 1 amide bonds. The maximum absolute atomic E-state index is 12.2. The van der Waals surface area contributed by atoms with Crippen LogP contribution in [0.4, 0.5) is 0 Å². The average molecular weight is 282 g/mol. The van der Waals surface area contributed by atoms with Gasteiger partial charge in [0.1, 0.15) is 0 Å². The largest absolute Gasteiger partial charge is 0.389 e. The minimum Gasteiger partial charge on any atom is -0.389 e. The van der Waals surface area contributed by atoms with Crippen molar-refractivity contribution in [3.63, 3.8) is 0 Å². The minimum absolute atomic E-state index is 0.0416. The first-order valence-electron chi connectivity index (χ1n) is 6.87. The Hall–Kier alpha value is -1.40. The van der Waals surface area contributed by atoms with Crippen LogP contribution < -0.4 is 0 Å². The number of aliphatic hydroxyl groups is 1. The van der Waals surface area contributed by atoms with E-state index in [1.54, 1.807) is 36.7 Å². The van der Waals surface area contributed by atoms with Crippen LogP contribution in [0.15, 0.2) is 12.4 Å². The first-order chi connectivity index (χ1) is 9.21. The Labute approximate surface area is 121 Å². The Kier molecular flexibility index (Phi) is 5.71. The van der Waals surface area contributed by atoms with Crippen molar-refractivity contribution < 1.29 is 9.90 Å². The topological polar surface area (TPSA) is 61.6 Å². The van der Waals surface area contributed by atoms with E-state index in [9.17, 15) is 9.90 Å². The van der Waals surface area contributed by atoms with Crippen LogP contribution in [0.1, 0.15) is 26.3 Å². The molecule has 0 fully saturated rings. The molecule has 6 heteroatoms. The van der Waals surface area contributed by atoms with Gasteiger partial charge in [-0.1, -0.05) is 6.92 Å². The van der Waals surface area contributed by atoms with E-state index in [2.05, 4.69) is 5.10 Å². The summed E-state index contributed by atoms with van der Waals surface area (Å²) in [5, 5.41) is 13.9. The van der Waals surface area contributed by atoms with Gasteiger partial charge in [-0.3, -0.25) is 14.4 Å². The lowest BCUT2D eigenvalue weighted by atomic mass is 10.1. The Morgan fingerprint density at radius 2 is 2.15 bits per heavy atom. The van der Waals surface area contributed by atoms with Crippen LogP contribution in [0.3, 0.4) is 0 Å². The maximum Gasteiger partial charge on any atom is 0.236 e. The average Bonchev–Trinajstić information content (AvgIpc) is 2.71. The third-order valence-corrected chi connectivity index (χ3v) is 3.02. The molecule has 0 saturated carbocycles. The van der Waals surface area contributed by atoms with Crippen LogP contribution in [0, 0.1) is 0 Å². The number of nitrogens with zero attached hydrogens (tertiary/aromatic N) is 4. The second-order valence-corrected chi connectivity index (χ2v) is 5.89. The molecule has 0 bridgehead atoms. The van der Waals surface area contributed by atoms with Gasteiger partial charge in [0.05, 0.1) is 18.3 Å². The van der Waals surface area contributed by atoms with Crippen molar-refractivity contribution in [1.82, 2.24) is 19.6 Å². The molecular formula is C14H26N4O2. The summed E-state index contributed by atoms with van der Waals surface area (Å²) in [5.41, 5.74) is 0.215. The highest BCUT2D eigenvalue weighted by atomic mass is 16.3. The third kappa shape index (κ3) is 5.71. The van der Waals surface area contributed by atoms with E-state index >= 15 is 0 Å². The molecule has 1 rings (SSSR count). The second-order valence-electron chi connectivity index (χ2n) is 5.89. The highest BCUT2D eigenvalue weighted by Gasteiger charge is 2.20. The van der Waals surface area contributed by atoms with E-state index in [0.29, 0.717) is 19.6 Å². The fourth-order valence-electron chi connectivity index (χ4n) is 2.05. The standard InChI is InChI=1S/C14H26N4O2/c1-6-18(11-14(2,3)20)10-13(19)16(4)8-12-7-15-17(5)9-12/h7,9,20H,6,8,10-11H2,1-5H3. The summed E-state index contributed by atoms with van der Waals surface area (Å²) in [7, 11) is 3.64. The zero-order valence-electron chi connectivity index (χ0n) is 13.1. The summed E-state index contributed by atoms with van der Waals surface area (Å²) in [6.07, 6.45) is 3.66. The van der Waals surface area contributed by atoms with Gasteiger partial charge in [-0.25, -0.2) is 0 Å². The smallest absolute Gasteiger partial charge is 0.236 e. The number of hydrogen-bond acceptors (Lipinski definition) is 4. The molecule has 1 heterocycles. The van der Waals surface area contributed by atoms with Gasteiger partial charge in [0.15, 0.2) is 0 Å². The van der Waals surface area contributed by atoms with E-state index in [4.69, 9.17) is 0 Å². The molecule has 1 aromatic heterocycles. The molecule has 20 heavy (non-hydrogen) atoms. The van der Waals surface area contributed by atoms with Crippen molar-refractivity contribution in [2.24, 2.45) is 7.05 Å². The molecule has 0 unspecified atom stereocenters. The maximum atomic E-state index is 12.2. The van der Waals surface area contributed by atoms with Crippen molar-refractivity contribution in [2.75, 3.05) is 26.7 Å². The van der Waals surface area contributed by atoms with Crippen LogP contribution in [-0.4, -0.2) is 62.9 Å². The highest BCUT2D eigenvalue weighted by Crippen LogP contribution is 2.06. The molecule has 0 aliphatic heterocycles. The van der Waals surface area contributed by atoms with E-state index < -0.39 is 5.60 Å². The van der Waals surface area contributed by atoms with Crippen LogP contribution in [-0.2, 0) is 18.4 Å². The van der Waals surface area contributed by atoms with E-state index in [-0.39, 0.29) is 5.91 Å². The zero-order valence-corrected chi connectivity index (χ0v) is 13.1. The SMILES string of the molecule is CCN(CC(=O)N(C)Cc1cnn(C)c1)CC(C)(C)O. The molecule has 0 radical (unpaired) electrons. The van der Waals surface area contributed by atoms with Gasteiger partial charge in [-0.15, -0.1) is 0 Å². The molecule has 0 aliphatic rings. The first-order valence-corrected chi connectivity index (χ1v) is 6.87. The minimum atomic E-state index is -0.793. The van der Waals surface area contributed by atoms with Crippen LogP contribution in [0.2, 0.25) is 0 Å². The van der Waals surface area contributed by atoms with Crippen LogP contribution in [0.25, 0.3) is 0 Å². The van der Waals surface area contributed by atoms with Gasteiger partial charge >= 0.3 is 0 Å². The van der Waals surface area contributed by atoms with Crippen LogP contribution in [0.5, 0.6) is 0 Å². The Morgan fingerprint density at radius 3 is 2.60 bits per heavy atom. The van der Waals surface area contributed by atoms with Gasteiger partial charge in [-0.2, -0.15) is 5.10 Å². The lowest BCUT2D eigenvalue weighted by Crippen LogP contribution is -2.44. The van der Waals surface area contributed by atoms with Gasteiger partial charge < -0.3 is 10.0 Å².